The second kappa shape index (κ2) is 5.80. The molecule has 2 heterocycles. The molecule has 24 heavy (non-hydrogen) atoms. The van der Waals surface area contributed by atoms with E-state index in [0.717, 1.165) is 22.2 Å². The third-order valence-corrected chi connectivity index (χ3v) is 4.56. The SMILES string of the molecule is Cc1ccc([C@H]2C=C(c3ccc(Cl)cc3)Nc3ncnn32)c(C)c1. The molecule has 2 aromatic carbocycles. The number of fused-ring (bicyclic) bond motifs is 1. The summed E-state index contributed by atoms with van der Waals surface area (Å²) < 4.78 is 1.91. The van der Waals surface area contributed by atoms with Crippen LogP contribution in [-0.2, 0) is 0 Å². The smallest absolute Gasteiger partial charge is 0.226 e. The fourth-order valence-corrected chi connectivity index (χ4v) is 3.24. The van der Waals surface area contributed by atoms with E-state index in [1.807, 2.05) is 28.9 Å². The molecule has 0 radical (unpaired) electrons. The summed E-state index contributed by atoms with van der Waals surface area (Å²) >= 11 is 6.01. The Morgan fingerprint density at radius 1 is 1.08 bits per heavy atom. The molecule has 0 amide bonds. The lowest BCUT2D eigenvalue weighted by atomic mass is 9.96. The number of allylic oxidation sites excluding steroid dienone is 1. The monoisotopic (exact) mass is 336 g/mol. The maximum absolute atomic E-state index is 6.01. The maximum Gasteiger partial charge on any atom is 0.226 e. The molecule has 0 saturated heterocycles. The average molecular weight is 337 g/mol. The minimum Gasteiger partial charge on any atom is -0.324 e. The number of aromatic nitrogens is 3. The summed E-state index contributed by atoms with van der Waals surface area (Å²) in [6, 6.07) is 14.3. The lowest BCUT2D eigenvalue weighted by molar-refractivity contribution is 0.609. The van der Waals surface area contributed by atoms with Crippen molar-refractivity contribution in [3.05, 3.63) is 82.1 Å². The molecule has 4 nitrogen and oxygen atoms in total. The molecule has 0 fully saturated rings. The number of hydrogen-bond acceptors (Lipinski definition) is 3. The first kappa shape index (κ1) is 15.0. The van der Waals surface area contributed by atoms with Crippen molar-refractivity contribution in [1.29, 1.82) is 0 Å². The first-order chi connectivity index (χ1) is 11.6. The van der Waals surface area contributed by atoms with Crippen molar-refractivity contribution in [1.82, 2.24) is 14.8 Å². The van der Waals surface area contributed by atoms with Crippen LogP contribution in [0.2, 0.25) is 5.02 Å². The minimum absolute atomic E-state index is 0.00929. The Balaban J connectivity index is 1.83. The molecule has 1 aliphatic heterocycles. The van der Waals surface area contributed by atoms with Crippen molar-refractivity contribution in [2.45, 2.75) is 19.9 Å². The molecule has 1 atom stereocenters. The molecule has 1 aromatic heterocycles. The molecule has 0 saturated carbocycles. The fraction of sp³-hybridized carbons (Fsp3) is 0.158. The van der Waals surface area contributed by atoms with Gasteiger partial charge in [-0.05, 0) is 48.7 Å². The van der Waals surface area contributed by atoms with Crippen molar-refractivity contribution in [3.63, 3.8) is 0 Å². The van der Waals surface area contributed by atoms with E-state index in [2.05, 4.69) is 53.5 Å². The minimum atomic E-state index is 0.00929. The Kier molecular flexibility index (Phi) is 3.62. The molecule has 0 unspecified atom stereocenters. The molecule has 4 rings (SSSR count). The van der Waals surface area contributed by atoms with Gasteiger partial charge in [-0.2, -0.15) is 10.1 Å². The second-order valence-electron chi connectivity index (χ2n) is 6.05. The van der Waals surface area contributed by atoms with Gasteiger partial charge >= 0.3 is 0 Å². The number of hydrogen-bond donors (Lipinski definition) is 1. The van der Waals surface area contributed by atoms with Crippen LogP contribution < -0.4 is 5.32 Å². The van der Waals surface area contributed by atoms with E-state index in [4.69, 9.17) is 11.6 Å². The van der Waals surface area contributed by atoms with Crippen LogP contribution in [0.25, 0.3) is 5.70 Å². The van der Waals surface area contributed by atoms with Gasteiger partial charge in [-0.3, -0.25) is 0 Å². The van der Waals surface area contributed by atoms with Gasteiger partial charge in [-0.15, -0.1) is 0 Å². The van der Waals surface area contributed by atoms with Crippen molar-refractivity contribution in [2.24, 2.45) is 0 Å². The van der Waals surface area contributed by atoms with Crippen LogP contribution >= 0.6 is 11.6 Å². The molecule has 0 bridgehead atoms. The number of anilines is 1. The van der Waals surface area contributed by atoms with Crippen molar-refractivity contribution >= 4 is 23.2 Å². The highest BCUT2D eigenvalue weighted by atomic mass is 35.5. The quantitative estimate of drug-likeness (QED) is 0.743. The van der Waals surface area contributed by atoms with Gasteiger partial charge in [0.05, 0.1) is 0 Å². The van der Waals surface area contributed by atoms with Gasteiger partial charge in [0, 0.05) is 10.7 Å². The van der Waals surface area contributed by atoms with E-state index in [1.165, 1.54) is 16.7 Å². The summed E-state index contributed by atoms with van der Waals surface area (Å²) in [5, 5.41) is 8.47. The van der Waals surface area contributed by atoms with Gasteiger partial charge in [-0.25, -0.2) is 4.68 Å². The maximum atomic E-state index is 6.01. The Labute approximate surface area is 145 Å². The van der Waals surface area contributed by atoms with Crippen LogP contribution in [0.4, 0.5) is 5.95 Å². The zero-order chi connectivity index (χ0) is 16.7. The third-order valence-electron chi connectivity index (χ3n) is 4.31. The number of aryl methyl sites for hydroxylation is 2. The number of nitrogens with one attached hydrogen (secondary N) is 1. The van der Waals surface area contributed by atoms with Gasteiger partial charge in [0.25, 0.3) is 0 Å². The number of benzene rings is 2. The van der Waals surface area contributed by atoms with E-state index in [9.17, 15) is 0 Å². The Hall–Kier alpha value is -2.59. The fourth-order valence-electron chi connectivity index (χ4n) is 3.11. The van der Waals surface area contributed by atoms with Crippen molar-refractivity contribution in [2.75, 3.05) is 5.32 Å². The number of halogens is 1. The molecular weight excluding hydrogens is 320 g/mol. The van der Waals surface area contributed by atoms with Crippen molar-refractivity contribution < 1.29 is 0 Å². The summed E-state index contributed by atoms with van der Waals surface area (Å²) in [6.45, 7) is 4.24. The Morgan fingerprint density at radius 2 is 1.88 bits per heavy atom. The van der Waals surface area contributed by atoms with Crippen LogP contribution in [0.15, 0.2) is 54.9 Å². The summed E-state index contributed by atoms with van der Waals surface area (Å²) in [5.41, 5.74) is 5.81. The first-order valence-corrected chi connectivity index (χ1v) is 8.21. The molecule has 5 heteroatoms. The predicted molar refractivity (Wildman–Crippen MR) is 97.1 cm³/mol. The summed E-state index contributed by atoms with van der Waals surface area (Å²) in [7, 11) is 0. The summed E-state index contributed by atoms with van der Waals surface area (Å²) in [6.07, 6.45) is 3.76. The zero-order valence-electron chi connectivity index (χ0n) is 13.5. The van der Waals surface area contributed by atoms with Gasteiger partial charge in [-0.1, -0.05) is 47.5 Å². The van der Waals surface area contributed by atoms with Gasteiger partial charge in [0.2, 0.25) is 5.95 Å². The van der Waals surface area contributed by atoms with Gasteiger partial charge in [0.15, 0.2) is 0 Å². The van der Waals surface area contributed by atoms with E-state index < -0.39 is 0 Å². The van der Waals surface area contributed by atoms with Gasteiger partial charge < -0.3 is 5.32 Å². The third kappa shape index (κ3) is 2.59. The summed E-state index contributed by atoms with van der Waals surface area (Å²) in [4.78, 5) is 4.35. The highest BCUT2D eigenvalue weighted by Gasteiger charge is 2.24. The van der Waals surface area contributed by atoms with Crippen LogP contribution in [0.5, 0.6) is 0 Å². The van der Waals surface area contributed by atoms with Gasteiger partial charge in [0.1, 0.15) is 12.4 Å². The standard InChI is InChI=1S/C19H17ClN4/c1-12-3-8-16(13(2)9-12)18-10-17(14-4-6-15(20)7-5-14)23-19-21-11-22-24(18)19/h3-11,18H,1-2H3,(H,21,22,23)/t18-/m1/s1. The highest BCUT2D eigenvalue weighted by Crippen LogP contribution is 2.33. The predicted octanol–water partition coefficient (Wildman–Crippen LogP) is 4.60. The van der Waals surface area contributed by atoms with E-state index >= 15 is 0 Å². The summed E-state index contributed by atoms with van der Waals surface area (Å²) in [5.74, 6) is 0.743. The van der Waals surface area contributed by atoms with E-state index in [1.54, 1.807) is 6.33 Å². The molecular formula is C19H17ClN4. The second-order valence-corrected chi connectivity index (χ2v) is 6.48. The van der Waals surface area contributed by atoms with E-state index in [-0.39, 0.29) is 6.04 Å². The molecule has 120 valence electrons. The molecule has 1 N–H and O–H groups in total. The lowest BCUT2D eigenvalue weighted by Crippen LogP contribution is -2.20. The molecule has 1 aliphatic rings. The number of rotatable bonds is 2. The van der Waals surface area contributed by atoms with Crippen molar-refractivity contribution in [3.8, 4) is 0 Å². The van der Waals surface area contributed by atoms with Crippen LogP contribution in [0, 0.1) is 13.8 Å². The average Bonchev–Trinajstić information content (AvgIpc) is 3.03. The van der Waals surface area contributed by atoms with Crippen LogP contribution in [-0.4, -0.2) is 14.8 Å². The largest absolute Gasteiger partial charge is 0.324 e. The van der Waals surface area contributed by atoms with E-state index in [0.29, 0.717) is 0 Å². The zero-order valence-corrected chi connectivity index (χ0v) is 14.2. The Morgan fingerprint density at radius 3 is 2.62 bits per heavy atom. The highest BCUT2D eigenvalue weighted by molar-refractivity contribution is 6.30. The molecule has 3 aromatic rings. The van der Waals surface area contributed by atoms with Crippen LogP contribution in [0.3, 0.4) is 0 Å². The lowest BCUT2D eigenvalue weighted by Gasteiger charge is -2.25. The van der Waals surface area contributed by atoms with Crippen LogP contribution in [0.1, 0.15) is 28.3 Å². The number of nitrogens with zero attached hydrogens (tertiary/aromatic N) is 3. The molecule has 0 spiro atoms. The molecule has 0 aliphatic carbocycles. The first-order valence-electron chi connectivity index (χ1n) is 7.83. The normalized spacial score (nSPS) is 16.3. The topological polar surface area (TPSA) is 42.7 Å². The Bertz CT molecular complexity index is 925.